The number of aromatic nitrogens is 1. The molecular weight excluding hydrogens is 370 g/mol. The highest BCUT2D eigenvalue weighted by atomic mass is 16.3. The zero-order valence-electron chi connectivity index (χ0n) is 16.3. The molecule has 150 valence electrons. The van der Waals surface area contributed by atoms with Crippen molar-refractivity contribution in [2.45, 2.75) is 12.8 Å². The zero-order valence-corrected chi connectivity index (χ0v) is 16.3. The summed E-state index contributed by atoms with van der Waals surface area (Å²) in [5.74, 6) is 0.0433. The molecule has 4 rings (SSSR count). The summed E-state index contributed by atoms with van der Waals surface area (Å²) in [5, 5.41) is 3.65. The van der Waals surface area contributed by atoms with E-state index in [0.29, 0.717) is 25.2 Å². The number of hydrogen-bond acceptors (Lipinski definition) is 4. The van der Waals surface area contributed by atoms with Crippen LogP contribution in [0.2, 0.25) is 0 Å². The minimum Gasteiger partial charge on any atom is -0.459 e. The molecule has 1 N–H and O–H groups in total. The summed E-state index contributed by atoms with van der Waals surface area (Å²) in [5.41, 5.74) is 0.970. The molecule has 3 heterocycles. The van der Waals surface area contributed by atoms with Gasteiger partial charge in [-0.15, -0.1) is 0 Å². The van der Waals surface area contributed by atoms with Crippen LogP contribution in [0.3, 0.4) is 0 Å². The second kappa shape index (κ2) is 7.95. The first-order chi connectivity index (χ1) is 14.0. The van der Waals surface area contributed by atoms with Gasteiger partial charge in [0.1, 0.15) is 0 Å². The van der Waals surface area contributed by atoms with Gasteiger partial charge in [0, 0.05) is 38.1 Å². The average Bonchev–Trinajstić information content (AvgIpc) is 3.29. The molecule has 3 aromatic rings. The highest BCUT2D eigenvalue weighted by molar-refractivity contribution is 6.06. The third-order valence-corrected chi connectivity index (χ3v) is 5.49. The van der Waals surface area contributed by atoms with E-state index in [0.717, 1.165) is 23.7 Å². The third-order valence-electron chi connectivity index (χ3n) is 5.49. The van der Waals surface area contributed by atoms with Gasteiger partial charge >= 0.3 is 0 Å². The summed E-state index contributed by atoms with van der Waals surface area (Å²) >= 11 is 0. The van der Waals surface area contributed by atoms with Crippen LogP contribution in [0.25, 0.3) is 10.9 Å². The van der Waals surface area contributed by atoms with Crippen LogP contribution < -0.4 is 10.9 Å². The van der Waals surface area contributed by atoms with Crippen molar-refractivity contribution in [2.75, 3.05) is 19.6 Å². The van der Waals surface area contributed by atoms with E-state index >= 15 is 0 Å². The van der Waals surface area contributed by atoms with E-state index in [-0.39, 0.29) is 29.1 Å². The maximum atomic E-state index is 13.2. The van der Waals surface area contributed by atoms with Crippen molar-refractivity contribution in [3.05, 3.63) is 70.4 Å². The van der Waals surface area contributed by atoms with Gasteiger partial charge in [-0.05, 0) is 37.0 Å². The lowest BCUT2D eigenvalue weighted by atomic mass is 9.96. The summed E-state index contributed by atoms with van der Waals surface area (Å²) in [6.45, 7) is 1.66. The van der Waals surface area contributed by atoms with Gasteiger partial charge in [0.15, 0.2) is 5.76 Å². The predicted molar refractivity (Wildman–Crippen MR) is 109 cm³/mol. The zero-order chi connectivity index (χ0) is 20.4. The van der Waals surface area contributed by atoms with Crippen molar-refractivity contribution in [1.29, 1.82) is 0 Å². The lowest BCUT2D eigenvalue weighted by molar-refractivity contribution is 0.0671. The smallest absolute Gasteiger partial charge is 0.286 e. The molecule has 0 aliphatic carbocycles. The fraction of sp³-hybridized carbons (Fsp3) is 0.318. The summed E-state index contributed by atoms with van der Waals surface area (Å²) in [6, 6.07) is 12.1. The number of carbonyl (C=O) groups excluding carboxylic acids is 2. The SMILES string of the molecule is Cn1c(=O)cc(C(=O)N2CCC[C@H](CNC(=O)c3ccco3)C2)c2ccccc21. The molecule has 1 saturated heterocycles. The van der Waals surface area contributed by atoms with E-state index in [9.17, 15) is 14.4 Å². The lowest BCUT2D eigenvalue weighted by Gasteiger charge is -2.33. The van der Waals surface area contributed by atoms with Gasteiger partial charge in [0.25, 0.3) is 17.4 Å². The number of rotatable bonds is 4. The number of likely N-dealkylation sites (tertiary alicyclic amines) is 1. The van der Waals surface area contributed by atoms with E-state index in [2.05, 4.69) is 5.32 Å². The normalized spacial score (nSPS) is 16.7. The first kappa shape index (κ1) is 19.0. The van der Waals surface area contributed by atoms with Crippen LogP contribution in [0.5, 0.6) is 0 Å². The number of piperidine rings is 1. The Morgan fingerprint density at radius 2 is 2.03 bits per heavy atom. The van der Waals surface area contributed by atoms with Crippen LogP contribution in [0.4, 0.5) is 0 Å². The van der Waals surface area contributed by atoms with Gasteiger partial charge < -0.3 is 19.2 Å². The molecule has 7 nitrogen and oxygen atoms in total. The second-order valence-electron chi connectivity index (χ2n) is 7.42. The van der Waals surface area contributed by atoms with E-state index in [1.807, 2.05) is 24.3 Å². The molecule has 1 aliphatic heterocycles. The molecule has 1 aliphatic rings. The molecule has 1 aromatic carbocycles. The average molecular weight is 393 g/mol. The number of amides is 2. The summed E-state index contributed by atoms with van der Waals surface area (Å²) < 4.78 is 6.66. The first-order valence-corrected chi connectivity index (χ1v) is 9.74. The predicted octanol–water partition coefficient (Wildman–Crippen LogP) is 2.41. The van der Waals surface area contributed by atoms with Gasteiger partial charge in [-0.25, -0.2) is 0 Å². The number of para-hydroxylation sites is 1. The number of carbonyl (C=O) groups is 2. The Hall–Kier alpha value is -3.35. The highest BCUT2D eigenvalue weighted by Gasteiger charge is 2.26. The maximum absolute atomic E-state index is 13.2. The lowest BCUT2D eigenvalue weighted by Crippen LogP contribution is -2.44. The van der Waals surface area contributed by atoms with Crippen molar-refractivity contribution in [2.24, 2.45) is 13.0 Å². The fourth-order valence-corrected chi connectivity index (χ4v) is 3.91. The maximum Gasteiger partial charge on any atom is 0.286 e. The molecule has 1 fully saturated rings. The van der Waals surface area contributed by atoms with Gasteiger partial charge in [-0.3, -0.25) is 14.4 Å². The summed E-state index contributed by atoms with van der Waals surface area (Å²) in [6.07, 6.45) is 3.25. The molecule has 29 heavy (non-hydrogen) atoms. The van der Waals surface area contributed by atoms with E-state index in [1.54, 1.807) is 28.6 Å². The van der Waals surface area contributed by atoms with E-state index in [4.69, 9.17) is 4.42 Å². The van der Waals surface area contributed by atoms with E-state index in [1.165, 1.54) is 12.3 Å². The third kappa shape index (κ3) is 3.81. The molecular formula is C22H23N3O4. The number of pyridine rings is 1. The Labute approximate surface area is 167 Å². The van der Waals surface area contributed by atoms with Crippen LogP contribution >= 0.6 is 0 Å². The molecule has 2 amide bonds. The Balaban J connectivity index is 1.49. The number of benzene rings is 1. The van der Waals surface area contributed by atoms with Gasteiger partial charge in [-0.2, -0.15) is 0 Å². The van der Waals surface area contributed by atoms with Crippen LogP contribution in [0.15, 0.2) is 57.9 Å². The summed E-state index contributed by atoms with van der Waals surface area (Å²) in [4.78, 5) is 39.4. The number of hydrogen-bond donors (Lipinski definition) is 1. The van der Waals surface area contributed by atoms with Crippen LogP contribution in [-0.4, -0.2) is 40.9 Å². The molecule has 0 unspecified atom stereocenters. The Bertz CT molecular complexity index is 1100. The Morgan fingerprint density at radius 1 is 1.21 bits per heavy atom. The number of aryl methyl sites for hydroxylation is 1. The van der Waals surface area contributed by atoms with Crippen molar-refractivity contribution in [3.8, 4) is 0 Å². The Morgan fingerprint density at radius 3 is 2.83 bits per heavy atom. The minimum atomic E-state index is -0.254. The van der Waals surface area contributed by atoms with Crippen molar-refractivity contribution < 1.29 is 14.0 Å². The number of nitrogens with one attached hydrogen (secondary N) is 1. The number of nitrogens with zero attached hydrogens (tertiary/aromatic N) is 2. The molecule has 2 aromatic heterocycles. The monoisotopic (exact) mass is 393 g/mol. The topological polar surface area (TPSA) is 84.5 Å². The molecule has 7 heteroatoms. The molecule has 0 saturated carbocycles. The number of fused-ring (bicyclic) bond motifs is 1. The highest BCUT2D eigenvalue weighted by Crippen LogP contribution is 2.22. The van der Waals surface area contributed by atoms with E-state index < -0.39 is 0 Å². The first-order valence-electron chi connectivity index (χ1n) is 9.74. The van der Waals surface area contributed by atoms with Crippen molar-refractivity contribution in [3.63, 3.8) is 0 Å². The molecule has 1 atom stereocenters. The van der Waals surface area contributed by atoms with Crippen molar-refractivity contribution >= 4 is 22.7 Å². The van der Waals surface area contributed by atoms with Crippen LogP contribution in [-0.2, 0) is 7.05 Å². The van der Waals surface area contributed by atoms with Crippen LogP contribution in [0, 0.1) is 5.92 Å². The molecule has 0 radical (unpaired) electrons. The summed E-state index contributed by atoms with van der Waals surface area (Å²) in [7, 11) is 1.71. The molecule has 0 spiro atoms. The van der Waals surface area contributed by atoms with Crippen molar-refractivity contribution in [1.82, 2.24) is 14.8 Å². The Kier molecular flexibility index (Phi) is 5.20. The van der Waals surface area contributed by atoms with Gasteiger partial charge in [0.05, 0.1) is 17.3 Å². The minimum absolute atomic E-state index is 0.138. The van der Waals surface area contributed by atoms with Gasteiger partial charge in [-0.1, -0.05) is 18.2 Å². The largest absolute Gasteiger partial charge is 0.459 e. The van der Waals surface area contributed by atoms with Gasteiger partial charge in [0.2, 0.25) is 0 Å². The van der Waals surface area contributed by atoms with Crippen LogP contribution in [0.1, 0.15) is 33.8 Å². The second-order valence-corrected chi connectivity index (χ2v) is 7.42. The molecule has 0 bridgehead atoms. The fourth-order valence-electron chi connectivity index (χ4n) is 3.91. The quantitative estimate of drug-likeness (QED) is 0.738. The number of furan rings is 1. The standard InChI is InChI=1S/C22H23N3O4/c1-24-18-8-3-2-7-16(18)17(12-20(24)26)22(28)25-10-4-6-15(14-25)13-23-21(27)19-9-5-11-29-19/h2-3,5,7-9,11-12,15H,4,6,10,13-14H2,1H3,(H,23,27)/t15-/m1/s1.